The van der Waals surface area contributed by atoms with Gasteiger partial charge in [-0.15, -0.1) is 0 Å². The SMILES string of the molecule is CC(C)c1ccc([C@H](NC(=O)C[NH+]2CCN(c3ccc(O)cc3)CC2)C(C)C)cc1. The number of anilines is 1. The Bertz CT molecular complexity index is 807. The Morgan fingerprint density at radius 3 is 2.07 bits per heavy atom. The molecule has 0 aromatic heterocycles. The van der Waals surface area contributed by atoms with Crippen LogP contribution in [-0.4, -0.2) is 43.7 Å². The fourth-order valence-electron chi connectivity index (χ4n) is 4.10. The molecule has 2 aromatic rings. The van der Waals surface area contributed by atoms with Gasteiger partial charge in [0.25, 0.3) is 5.91 Å². The van der Waals surface area contributed by atoms with Crippen molar-refractivity contribution in [1.29, 1.82) is 0 Å². The Kier molecular flexibility index (Phi) is 7.38. The molecule has 1 heterocycles. The number of carbonyl (C=O) groups is 1. The summed E-state index contributed by atoms with van der Waals surface area (Å²) in [7, 11) is 0. The summed E-state index contributed by atoms with van der Waals surface area (Å²) in [6.45, 7) is 12.9. The van der Waals surface area contributed by atoms with Gasteiger partial charge in [-0.3, -0.25) is 4.79 Å². The van der Waals surface area contributed by atoms with E-state index in [2.05, 4.69) is 62.2 Å². The minimum atomic E-state index is 0.0383. The van der Waals surface area contributed by atoms with Crippen LogP contribution < -0.4 is 15.1 Å². The summed E-state index contributed by atoms with van der Waals surface area (Å²) in [5, 5.41) is 12.7. The first-order valence-electron chi connectivity index (χ1n) is 11.1. The quantitative estimate of drug-likeness (QED) is 0.658. The normalized spacial score (nSPS) is 16.1. The molecule has 5 nitrogen and oxygen atoms in total. The molecule has 1 fully saturated rings. The lowest BCUT2D eigenvalue weighted by Crippen LogP contribution is -3.16. The molecule has 30 heavy (non-hydrogen) atoms. The molecule has 1 atom stereocenters. The van der Waals surface area contributed by atoms with Gasteiger partial charge in [-0.25, -0.2) is 0 Å². The highest BCUT2D eigenvalue weighted by Gasteiger charge is 2.25. The summed E-state index contributed by atoms with van der Waals surface area (Å²) in [6.07, 6.45) is 0. The summed E-state index contributed by atoms with van der Waals surface area (Å²) >= 11 is 0. The van der Waals surface area contributed by atoms with Gasteiger partial charge in [-0.1, -0.05) is 52.0 Å². The number of aromatic hydroxyl groups is 1. The average Bonchev–Trinajstić information content (AvgIpc) is 2.73. The third-order valence-corrected chi connectivity index (χ3v) is 6.04. The molecule has 1 amide bonds. The summed E-state index contributed by atoms with van der Waals surface area (Å²) < 4.78 is 0. The first-order chi connectivity index (χ1) is 14.3. The van der Waals surface area contributed by atoms with Crippen molar-refractivity contribution in [3.63, 3.8) is 0 Å². The zero-order chi connectivity index (χ0) is 21.7. The third-order valence-electron chi connectivity index (χ3n) is 6.04. The Morgan fingerprint density at radius 2 is 1.53 bits per heavy atom. The van der Waals surface area contributed by atoms with E-state index in [1.54, 1.807) is 12.1 Å². The molecule has 0 saturated carbocycles. The Hall–Kier alpha value is -2.53. The molecule has 162 valence electrons. The predicted molar refractivity (Wildman–Crippen MR) is 122 cm³/mol. The highest BCUT2D eigenvalue weighted by atomic mass is 16.3. The molecule has 1 saturated heterocycles. The van der Waals surface area contributed by atoms with E-state index in [0.717, 1.165) is 31.9 Å². The summed E-state index contributed by atoms with van der Waals surface area (Å²) in [5.41, 5.74) is 3.62. The summed E-state index contributed by atoms with van der Waals surface area (Å²) in [6, 6.07) is 16.0. The van der Waals surface area contributed by atoms with Gasteiger partial charge in [-0.2, -0.15) is 0 Å². The number of carbonyl (C=O) groups excluding carboxylic acids is 1. The maximum absolute atomic E-state index is 12.8. The van der Waals surface area contributed by atoms with Crippen LogP contribution in [0.4, 0.5) is 5.69 Å². The highest BCUT2D eigenvalue weighted by molar-refractivity contribution is 5.77. The van der Waals surface area contributed by atoms with Crippen LogP contribution in [0.15, 0.2) is 48.5 Å². The number of hydrogen-bond acceptors (Lipinski definition) is 3. The maximum atomic E-state index is 12.8. The minimum absolute atomic E-state index is 0.0383. The molecule has 0 radical (unpaired) electrons. The van der Waals surface area contributed by atoms with E-state index in [1.165, 1.54) is 16.0 Å². The van der Waals surface area contributed by atoms with Gasteiger partial charge in [0.2, 0.25) is 0 Å². The zero-order valence-electron chi connectivity index (χ0n) is 18.7. The predicted octanol–water partition coefficient (Wildman–Crippen LogP) is 2.73. The van der Waals surface area contributed by atoms with Crippen LogP contribution in [-0.2, 0) is 4.79 Å². The molecule has 1 aliphatic heterocycles. The number of quaternary nitrogens is 1. The van der Waals surface area contributed by atoms with E-state index in [-0.39, 0.29) is 11.9 Å². The molecule has 3 N–H and O–H groups in total. The molecule has 2 aromatic carbocycles. The molecule has 5 heteroatoms. The van der Waals surface area contributed by atoms with Crippen LogP contribution in [0.1, 0.15) is 50.8 Å². The van der Waals surface area contributed by atoms with Crippen LogP contribution in [0.2, 0.25) is 0 Å². The number of hydrogen-bond donors (Lipinski definition) is 3. The van der Waals surface area contributed by atoms with Crippen molar-refractivity contribution in [3.8, 4) is 5.75 Å². The largest absolute Gasteiger partial charge is 0.508 e. The van der Waals surface area contributed by atoms with Crippen LogP contribution in [0.25, 0.3) is 0 Å². The van der Waals surface area contributed by atoms with Gasteiger partial charge in [-0.05, 0) is 47.2 Å². The number of piperazine rings is 1. The number of amides is 1. The van der Waals surface area contributed by atoms with Crippen molar-refractivity contribution in [3.05, 3.63) is 59.7 Å². The third kappa shape index (κ3) is 5.76. The lowest BCUT2D eigenvalue weighted by molar-refractivity contribution is -0.892. The number of phenols is 1. The van der Waals surface area contributed by atoms with E-state index < -0.39 is 0 Å². The van der Waals surface area contributed by atoms with Crippen molar-refractivity contribution >= 4 is 11.6 Å². The number of phenolic OH excluding ortho intramolecular Hbond substituents is 1. The monoisotopic (exact) mass is 410 g/mol. The second-order valence-electron chi connectivity index (χ2n) is 9.04. The molecule has 0 unspecified atom stereocenters. The van der Waals surface area contributed by atoms with Crippen LogP contribution in [0, 0.1) is 5.92 Å². The zero-order valence-corrected chi connectivity index (χ0v) is 18.7. The Balaban J connectivity index is 1.53. The fraction of sp³-hybridized carbons (Fsp3) is 0.480. The van der Waals surface area contributed by atoms with E-state index >= 15 is 0 Å². The van der Waals surface area contributed by atoms with Crippen molar-refractivity contribution in [1.82, 2.24) is 5.32 Å². The summed E-state index contributed by atoms with van der Waals surface area (Å²) in [4.78, 5) is 16.4. The molecule has 3 rings (SSSR count). The highest BCUT2D eigenvalue weighted by Crippen LogP contribution is 2.24. The van der Waals surface area contributed by atoms with Crippen LogP contribution in [0.3, 0.4) is 0 Å². The number of benzene rings is 2. The molecule has 0 spiro atoms. The number of nitrogens with zero attached hydrogens (tertiary/aromatic N) is 1. The molecule has 0 bridgehead atoms. The Morgan fingerprint density at radius 1 is 0.967 bits per heavy atom. The second kappa shape index (κ2) is 9.98. The van der Waals surface area contributed by atoms with Gasteiger partial charge >= 0.3 is 0 Å². The Labute approximate surface area is 180 Å². The van der Waals surface area contributed by atoms with Gasteiger partial charge < -0.3 is 20.2 Å². The lowest BCUT2D eigenvalue weighted by Gasteiger charge is -2.33. The van der Waals surface area contributed by atoms with E-state index in [9.17, 15) is 9.90 Å². The standard InChI is InChI=1S/C25H35N3O2/c1-18(2)20-5-7-21(8-6-20)25(19(3)4)26-24(30)17-27-13-15-28(16-14-27)22-9-11-23(29)12-10-22/h5-12,18-19,25,29H,13-17H2,1-4H3,(H,26,30)/p+1/t25-/m1/s1. The number of rotatable bonds is 7. The average molecular weight is 411 g/mol. The number of nitrogens with one attached hydrogen (secondary N) is 2. The van der Waals surface area contributed by atoms with Crippen LogP contribution in [0.5, 0.6) is 5.75 Å². The fourth-order valence-corrected chi connectivity index (χ4v) is 4.10. The topological polar surface area (TPSA) is 57.0 Å². The van der Waals surface area contributed by atoms with E-state index in [4.69, 9.17) is 0 Å². The maximum Gasteiger partial charge on any atom is 0.275 e. The van der Waals surface area contributed by atoms with Crippen molar-refractivity contribution in [2.45, 2.75) is 39.7 Å². The van der Waals surface area contributed by atoms with E-state index in [1.807, 2.05) is 12.1 Å². The van der Waals surface area contributed by atoms with Crippen molar-refractivity contribution in [2.24, 2.45) is 5.92 Å². The summed E-state index contributed by atoms with van der Waals surface area (Å²) in [5.74, 6) is 1.25. The second-order valence-corrected chi connectivity index (χ2v) is 9.04. The van der Waals surface area contributed by atoms with Gasteiger partial charge in [0.1, 0.15) is 5.75 Å². The first kappa shape index (κ1) is 22.2. The van der Waals surface area contributed by atoms with Gasteiger partial charge in [0.05, 0.1) is 32.2 Å². The van der Waals surface area contributed by atoms with Crippen LogP contribution >= 0.6 is 0 Å². The molecule has 1 aliphatic rings. The molecule has 0 aliphatic carbocycles. The minimum Gasteiger partial charge on any atom is -0.508 e. The molecular weight excluding hydrogens is 374 g/mol. The lowest BCUT2D eigenvalue weighted by atomic mass is 9.93. The smallest absolute Gasteiger partial charge is 0.275 e. The van der Waals surface area contributed by atoms with Crippen molar-refractivity contribution < 1.29 is 14.8 Å². The van der Waals surface area contributed by atoms with Crippen molar-refractivity contribution in [2.75, 3.05) is 37.6 Å². The first-order valence-corrected chi connectivity index (χ1v) is 11.1. The van der Waals surface area contributed by atoms with E-state index in [0.29, 0.717) is 24.1 Å². The van der Waals surface area contributed by atoms with Gasteiger partial charge in [0.15, 0.2) is 6.54 Å². The molecular formula is C25H36N3O2+. The van der Waals surface area contributed by atoms with Gasteiger partial charge in [0, 0.05) is 5.69 Å².